The molecule has 2 aromatic heterocycles. The molecular weight excluding hydrogens is 392 g/mol. The molecule has 0 atom stereocenters. The maximum absolute atomic E-state index is 12.0. The van der Waals surface area contributed by atoms with E-state index < -0.39 is 10.0 Å². The van der Waals surface area contributed by atoms with Crippen molar-refractivity contribution in [1.82, 2.24) is 19.2 Å². The molecule has 28 heavy (non-hydrogen) atoms. The van der Waals surface area contributed by atoms with Crippen LogP contribution in [0.2, 0.25) is 0 Å². The molecule has 2 aliphatic heterocycles. The van der Waals surface area contributed by atoms with Gasteiger partial charge in [-0.2, -0.15) is 0 Å². The normalized spacial score (nSPS) is 20.6. The van der Waals surface area contributed by atoms with Crippen molar-refractivity contribution in [3.63, 3.8) is 0 Å². The lowest BCUT2D eigenvalue weighted by Gasteiger charge is -2.46. The van der Waals surface area contributed by atoms with Crippen LogP contribution in [0, 0.1) is 0 Å². The highest BCUT2D eigenvalue weighted by molar-refractivity contribution is 7.88. The van der Waals surface area contributed by atoms with Gasteiger partial charge in [0, 0.05) is 61.3 Å². The first kappa shape index (κ1) is 19.9. The molecule has 1 fully saturated rings. The first-order chi connectivity index (χ1) is 13.3. The molecule has 6 nitrogen and oxygen atoms in total. The average Bonchev–Trinajstić information content (AvgIpc) is 3.08. The maximum Gasteiger partial charge on any atom is 0.211 e. The van der Waals surface area contributed by atoms with Crippen LogP contribution in [0.15, 0.2) is 24.5 Å². The third-order valence-corrected chi connectivity index (χ3v) is 8.52. The minimum absolute atomic E-state index is 0.0549. The third-order valence-electron chi connectivity index (χ3n) is 5.88. The second-order valence-electron chi connectivity index (χ2n) is 8.43. The van der Waals surface area contributed by atoms with E-state index in [2.05, 4.69) is 29.8 Å². The van der Waals surface area contributed by atoms with Gasteiger partial charge in [-0.3, -0.25) is 9.88 Å². The molecule has 0 bridgehead atoms. The molecule has 152 valence electrons. The lowest BCUT2D eigenvalue weighted by Crippen LogP contribution is -2.52. The lowest BCUT2D eigenvalue weighted by atomic mass is 9.73. The van der Waals surface area contributed by atoms with Gasteiger partial charge in [-0.25, -0.2) is 17.7 Å². The number of fused-ring (bicyclic) bond motifs is 2. The Labute approximate surface area is 171 Å². The van der Waals surface area contributed by atoms with Gasteiger partial charge >= 0.3 is 0 Å². The van der Waals surface area contributed by atoms with Gasteiger partial charge in [0.05, 0.1) is 17.0 Å². The molecule has 2 aliphatic rings. The average molecular weight is 421 g/mol. The van der Waals surface area contributed by atoms with Gasteiger partial charge in [0.2, 0.25) is 10.0 Å². The summed E-state index contributed by atoms with van der Waals surface area (Å²) in [6.45, 7) is 8.23. The highest BCUT2D eigenvalue weighted by atomic mass is 32.2. The van der Waals surface area contributed by atoms with Crippen LogP contribution in [-0.2, 0) is 28.5 Å². The zero-order chi connectivity index (χ0) is 19.9. The fourth-order valence-electron chi connectivity index (χ4n) is 4.40. The highest BCUT2D eigenvalue weighted by Gasteiger charge is 2.45. The fourth-order valence-corrected chi connectivity index (χ4v) is 6.48. The van der Waals surface area contributed by atoms with Gasteiger partial charge in [0.25, 0.3) is 0 Å². The Hall–Kier alpha value is -1.35. The van der Waals surface area contributed by atoms with Crippen LogP contribution >= 0.6 is 11.3 Å². The van der Waals surface area contributed by atoms with Crippen LogP contribution in [-0.4, -0.2) is 53.5 Å². The van der Waals surface area contributed by atoms with Crippen molar-refractivity contribution < 1.29 is 8.42 Å². The zero-order valence-electron chi connectivity index (χ0n) is 16.8. The van der Waals surface area contributed by atoms with E-state index >= 15 is 0 Å². The molecule has 2 aromatic rings. The van der Waals surface area contributed by atoms with Gasteiger partial charge in [-0.1, -0.05) is 19.9 Å². The number of hydrogen-bond donors (Lipinski definition) is 0. The summed E-state index contributed by atoms with van der Waals surface area (Å²) in [7, 11) is -3.14. The van der Waals surface area contributed by atoms with Crippen molar-refractivity contribution in [2.45, 2.75) is 51.1 Å². The first-order valence-corrected chi connectivity index (χ1v) is 12.5. The van der Waals surface area contributed by atoms with Crippen molar-refractivity contribution in [1.29, 1.82) is 0 Å². The molecule has 0 saturated carbocycles. The van der Waals surface area contributed by atoms with Crippen LogP contribution in [0.4, 0.5) is 0 Å². The Morgan fingerprint density at radius 1 is 1.29 bits per heavy atom. The summed E-state index contributed by atoms with van der Waals surface area (Å²) >= 11 is 1.83. The van der Waals surface area contributed by atoms with Crippen LogP contribution < -0.4 is 0 Å². The van der Waals surface area contributed by atoms with Gasteiger partial charge < -0.3 is 0 Å². The predicted molar refractivity (Wildman–Crippen MR) is 112 cm³/mol. The molecule has 0 unspecified atom stereocenters. The van der Waals surface area contributed by atoms with Gasteiger partial charge in [0.15, 0.2) is 0 Å². The van der Waals surface area contributed by atoms with Gasteiger partial charge in [0.1, 0.15) is 0 Å². The monoisotopic (exact) mass is 420 g/mol. The Morgan fingerprint density at radius 3 is 2.64 bits per heavy atom. The van der Waals surface area contributed by atoms with Crippen LogP contribution in [0.5, 0.6) is 0 Å². The highest BCUT2D eigenvalue weighted by Crippen LogP contribution is 2.44. The van der Waals surface area contributed by atoms with Crippen molar-refractivity contribution in [3.8, 4) is 0 Å². The van der Waals surface area contributed by atoms with Crippen LogP contribution in [0.25, 0.3) is 0 Å². The quantitative estimate of drug-likeness (QED) is 0.761. The van der Waals surface area contributed by atoms with Gasteiger partial charge in [-0.05, 0) is 24.5 Å². The Morgan fingerprint density at radius 2 is 2.04 bits per heavy atom. The number of aromatic nitrogens is 2. The second kappa shape index (κ2) is 7.48. The molecule has 1 saturated heterocycles. The van der Waals surface area contributed by atoms with Gasteiger partial charge in [-0.15, -0.1) is 11.3 Å². The molecule has 0 radical (unpaired) electrons. The molecule has 0 amide bonds. The molecule has 4 rings (SSSR count). The number of sulfonamides is 1. The summed E-state index contributed by atoms with van der Waals surface area (Å²) in [5.41, 5.74) is 2.39. The molecule has 8 heteroatoms. The molecule has 1 spiro atoms. The van der Waals surface area contributed by atoms with Crippen LogP contribution in [0.1, 0.15) is 53.7 Å². The Kier molecular flexibility index (Phi) is 5.33. The molecule has 0 aromatic carbocycles. The van der Waals surface area contributed by atoms with Crippen LogP contribution in [0.3, 0.4) is 0 Å². The summed E-state index contributed by atoms with van der Waals surface area (Å²) in [6.07, 6.45) is 6.71. The van der Waals surface area contributed by atoms with Crippen molar-refractivity contribution in [2.24, 2.45) is 0 Å². The third kappa shape index (κ3) is 3.87. The van der Waals surface area contributed by atoms with E-state index in [1.807, 2.05) is 23.6 Å². The van der Waals surface area contributed by atoms with E-state index in [1.165, 1.54) is 27.4 Å². The zero-order valence-corrected chi connectivity index (χ0v) is 18.4. The standard InChI is InChI=1S/C20H28N4O2S2/c1-15(2)19-22-18-17(27-19)13-23(12-16-5-4-8-21-11-16)14-20(18)6-9-24(10-7-20)28(3,25)26/h4-5,8,11,15H,6-7,9-10,12-14H2,1-3H3. The van der Waals surface area contributed by atoms with E-state index in [1.54, 1.807) is 10.5 Å². The number of nitrogens with zero attached hydrogens (tertiary/aromatic N) is 4. The summed E-state index contributed by atoms with van der Waals surface area (Å²) < 4.78 is 25.6. The minimum Gasteiger partial charge on any atom is -0.293 e. The summed E-state index contributed by atoms with van der Waals surface area (Å²) in [5, 5.41) is 1.19. The predicted octanol–water partition coefficient (Wildman–Crippen LogP) is 2.97. The van der Waals surface area contributed by atoms with E-state index in [0.29, 0.717) is 19.0 Å². The van der Waals surface area contributed by atoms with Crippen molar-refractivity contribution in [3.05, 3.63) is 45.7 Å². The van der Waals surface area contributed by atoms with E-state index in [4.69, 9.17) is 4.98 Å². The lowest BCUT2D eigenvalue weighted by molar-refractivity contribution is 0.120. The number of pyridine rings is 1. The molecule has 4 heterocycles. The molecular formula is C20H28N4O2S2. The second-order valence-corrected chi connectivity index (χ2v) is 11.5. The molecule has 0 aliphatic carbocycles. The number of thiazole rings is 1. The largest absolute Gasteiger partial charge is 0.293 e. The Balaban J connectivity index is 1.64. The van der Waals surface area contributed by atoms with E-state index in [-0.39, 0.29) is 5.41 Å². The Bertz CT molecular complexity index is 932. The van der Waals surface area contributed by atoms with E-state index in [9.17, 15) is 8.42 Å². The van der Waals surface area contributed by atoms with E-state index in [0.717, 1.165) is 32.5 Å². The number of hydrogen-bond acceptors (Lipinski definition) is 6. The summed E-state index contributed by atoms with van der Waals surface area (Å²) in [5.74, 6) is 0.413. The minimum atomic E-state index is -3.14. The number of rotatable bonds is 4. The first-order valence-electron chi connectivity index (χ1n) is 9.83. The number of piperidine rings is 1. The van der Waals surface area contributed by atoms with Crippen molar-refractivity contribution in [2.75, 3.05) is 25.9 Å². The topological polar surface area (TPSA) is 66.4 Å². The maximum atomic E-state index is 12.0. The molecule has 0 N–H and O–H groups in total. The summed E-state index contributed by atoms with van der Waals surface area (Å²) in [6, 6.07) is 4.10. The fraction of sp³-hybridized carbons (Fsp3) is 0.600. The van der Waals surface area contributed by atoms with Crippen molar-refractivity contribution >= 4 is 21.4 Å². The summed E-state index contributed by atoms with van der Waals surface area (Å²) in [4.78, 5) is 13.2. The smallest absolute Gasteiger partial charge is 0.211 e. The SMILES string of the molecule is CC(C)c1nc2c(s1)CN(Cc1cccnc1)CC21CCN(S(C)(=O)=O)CC1.